The topological polar surface area (TPSA) is 73.1 Å². The van der Waals surface area contributed by atoms with Gasteiger partial charge in [0.2, 0.25) is 5.91 Å². The number of carbonyl (C=O) groups excluding carboxylic acids is 1. The maximum atomic E-state index is 12.3. The minimum absolute atomic E-state index is 0.00474. The Morgan fingerprint density at radius 1 is 1.35 bits per heavy atom. The first-order chi connectivity index (χ1) is 9.40. The molecule has 20 heavy (non-hydrogen) atoms. The summed E-state index contributed by atoms with van der Waals surface area (Å²) in [6, 6.07) is 10.9. The number of hydrogen-bond donors (Lipinski definition) is 2. The van der Waals surface area contributed by atoms with Crippen molar-refractivity contribution >= 4 is 5.91 Å². The molecule has 0 spiro atoms. The number of benzene rings is 1. The first-order valence-corrected chi connectivity index (χ1v) is 6.76. The van der Waals surface area contributed by atoms with Crippen molar-refractivity contribution in [3.8, 4) is 6.07 Å². The highest BCUT2D eigenvalue weighted by atomic mass is 16.3. The van der Waals surface area contributed by atoms with E-state index in [-0.39, 0.29) is 24.0 Å². The highest BCUT2D eigenvalue weighted by Crippen LogP contribution is 2.23. The molecule has 1 rings (SSSR count). The Morgan fingerprint density at radius 2 is 1.95 bits per heavy atom. The third-order valence-electron chi connectivity index (χ3n) is 3.30. The second kappa shape index (κ2) is 7.06. The highest BCUT2D eigenvalue weighted by molar-refractivity contribution is 5.86. The van der Waals surface area contributed by atoms with Crippen LogP contribution in [0.3, 0.4) is 0 Å². The van der Waals surface area contributed by atoms with Crippen LogP contribution in [0.25, 0.3) is 0 Å². The van der Waals surface area contributed by atoms with E-state index in [0.29, 0.717) is 12.0 Å². The van der Waals surface area contributed by atoms with Crippen molar-refractivity contribution in [2.75, 3.05) is 6.61 Å². The zero-order valence-electron chi connectivity index (χ0n) is 12.3. The van der Waals surface area contributed by atoms with Crippen LogP contribution in [0, 0.1) is 16.7 Å². The van der Waals surface area contributed by atoms with Crippen LogP contribution in [0.15, 0.2) is 30.3 Å². The van der Waals surface area contributed by atoms with Crippen LogP contribution in [0.5, 0.6) is 0 Å². The molecule has 0 saturated heterocycles. The van der Waals surface area contributed by atoms with Gasteiger partial charge in [-0.05, 0) is 17.4 Å². The molecule has 0 aliphatic heterocycles. The van der Waals surface area contributed by atoms with Crippen molar-refractivity contribution in [1.29, 1.82) is 5.26 Å². The number of hydrogen-bond acceptors (Lipinski definition) is 3. The average Bonchev–Trinajstić information content (AvgIpc) is 2.39. The molecule has 1 amide bonds. The summed E-state index contributed by atoms with van der Waals surface area (Å²) in [7, 11) is 0. The fraction of sp³-hybridized carbons (Fsp3) is 0.500. The van der Waals surface area contributed by atoms with Gasteiger partial charge in [-0.25, -0.2) is 0 Å². The summed E-state index contributed by atoms with van der Waals surface area (Å²) in [6.07, 6.45) is 0.474. The molecule has 1 aromatic carbocycles. The number of carbonyl (C=O) groups is 1. The van der Waals surface area contributed by atoms with Gasteiger partial charge in [0.25, 0.3) is 0 Å². The Kier molecular flexibility index (Phi) is 5.72. The molecule has 1 aromatic rings. The molecule has 4 heteroatoms. The minimum atomic E-state index is -0.820. The van der Waals surface area contributed by atoms with E-state index in [9.17, 15) is 10.1 Å². The summed E-state index contributed by atoms with van der Waals surface area (Å²) in [4.78, 5) is 12.3. The van der Waals surface area contributed by atoms with Gasteiger partial charge in [0.05, 0.1) is 6.07 Å². The smallest absolute Gasteiger partial charge is 0.242 e. The standard InChI is InChI=1S/C16H22N2O2/c1-16(2,3)14(9-10-19)18-15(20)13(11-17)12-7-5-4-6-8-12/h4-8,13-14,19H,9-10H2,1-3H3,(H,18,20). The first-order valence-electron chi connectivity index (χ1n) is 6.76. The van der Waals surface area contributed by atoms with Crippen LogP contribution in [0.1, 0.15) is 38.7 Å². The van der Waals surface area contributed by atoms with E-state index in [2.05, 4.69) is 5.32 Å². The summed E-state index contributed by atoms with van der Waals surface area (Å²) in [5.41, 5.74) is 0.513. The summed E-state index contributed by atoms with van der Waals surface area (Å²) < 4.78 is 0. The quantitative estimate of drug-likeness (QED) is 0.864. The van der Waals surface area contributed by atoms with Gasteiger partial charge in [-0.3, -0.25) is 4.79 Å². The van der Waals surface area contributed by atoms with Crippen LogP contribution in [-0.2, 0) is 4.79 Å². The maximum absolute atomic E-state index is 12.3. The van der Waals surface area contributed by atoms with E-state index in [4.69, 9.17) is 5.11 Å². The van der Waals surface area contributed by atoms with Crippen molar-refractivity contribution in [2.24, 2.45) is 5.41 Å². The second-order valence-corrected chi connectivity index (χ2v) is 5.91. The molecule has 2 atom stereocenters. The fourth-order valence-corrected chi connectivity index (χ4v) is 2.04. The number of amides is 1. The zero-order chi connectivity index (χ0) is 15.2. The third-order valence-corrected chi connectivity index (χ3v) is 3.30. The largest absolute Gasteiger partial charge is 0.396 e. The van der Waals surface area contributed by atoms with Crippen LogP contribution >= 0.6 is 0 Å². The lowest BCUT2D eigenvalue weighted by molar-refractivity contribution is -0.123. The zero-order valence-corrected chi connectivity index (χ0v) is 12.3. The minimum Gasteiger partial charge on any atom is -0.396 e. The first kappa shape index (κ1) is 16.2. The molecular weight excluding hydrogens is 252 g/mol. The second-order valence-electron chi connectivity index (χ2n) is 5.91. The Bertz CT molecular complexity index is 471. The Morgan fingerprint density at radius 3 is 2.40 bits per heavy atom. The van der Waals surface area contributed by atoms with Crippen LogP contribution in [0.2, 0.25) is 0 Å². The van der Waals surface area contributed by atoms with Gasteiger partial charge in [0.15, 0.2) is 0 Å². The van der Waals surface area contributed by atoms with Crippen molar-refractivity contribution in [3.63, 3.8) is 0 Å². The summed E-state index contributed by atoms with van der Waals surface area (Å²) in [5.74, 6) is -1.13. The number of aliphatic hydroxyl groups excluding tert-OH is 1. The van der Waals surface area contributed by atoms with E-state index in [1.807, 2.05) is 45.0 Å². The van der Waals surface area contributed by atoms with Gasteiger partial charge in [-0.15, -0.1) is 0 Å². The van der Waals surface area contributed by atoms with Gasteiger partial charge in [-0.1, -0.05) is 51.1 Å². The molecule has 0 aromatic heterocycles. The average molecular weight is 274 g/mol. The summed E-state index contributed by atoms with van der Waals surface area (Å²) in [5, 5.41) is 21.2. The number of nitriles is 1. The SMILES string of the molecule is CC(C)(C)C(CCO)NC(=O)C(C#N)c1ccccc1. The summed E-state index contributed by atoms with van der Waals surface area (Å²) in [6.45, 7) is 6.00. The molecule has 0 aliphatic rings. The van der Waals surface area contributed by atoms with Gasteiger partial charge in [-0.2, -0.15) is 5.26 Å². The van der Waals surface area contributed by atoms with Crippen molar-refractivity contribution < 1.29 is 9.90 Å². The van der Waals surface area contributed by atoms with E-state index >= 15 is 0 Å². The van der Waals surface area contributed by atoms with Crippen molar-refractivity contribution in [3.05, 3.63) is 35.9 Å². The van der Waals surface area contributed by atoms with E-state index in [1.165, 1.54) is 0 Å². The maximum Gasteiger partial charge on any atom is 0.242 e. The van der Waals surface area contributed by atoms with E-state index in [1.54, 1.807) is 12.1 Å². The Labute approximate surface area is 120 Å². The molecule has 108 valence electrons. The van der Waals surface area contributed by atoms with Gasteiger partial charge >= 0.3 is 0 Å². The molecule has 0 radical (unpaired) electrons. The molecule has 0 fully saturated rings. The van der Waals surface area contributed by atoms with Crippen LogP contribution in [0.4, 0.5) is 0 Å². The molecule has 2 unspecified atom stereocenters. The highest BCUT2D eigenvalue weighted by Gasteiger charge is 2.29. The molecule has 4 nitrogen and oxygen atoms in total. The Hall–Kier alpha value is -1.86. The van der Waals surface area contributed by atoms with Crippen molar-refractivity contribution in [2.45, 2.75) is 39.2 Å². The Balaban J connectivity index is 2.85. The molecular formula is C16H22N2O2. The predicted octanol–water partition coefficient (Wildman–Crippen LogP) is 2.21. The normalized spacial score (nSPS) is 14.2. The van der Waals surface area contributed by atoms with Gasteiger partial charge in [0, 0.05) is 12.6 Å². The molecule has 2 N–H and O–H groups in total. The predicted molar refractivity (Wildman–Crippen MR) is 77.9 cm³/mol. The lowest BCUT2D eigenvalue weighted by Crippen LogP contribution is -2.45. The summed E-state index contributed by atoms with van der Waals surface area (Å²) >= 11 is 0. The lowest BCUT2D eigenvalue weighted by Gasteiger charge is -2.31. The van der Waals surface area contributed by atoms with Gasteiger partial charge < -0.3 is 10.4 Å². The molecule has 0 saturated carbocycles. The number of nitrogens with zero attached hydrogens (tertiary/aromatic N) is 1. The molecule has 0 bridgehead atoms. The van der Waals surface area contributed by atoms with Crippen LogP contribution < -0.4 is 5.32 Å². The lowest BCUT2D eigenvalue weighted by atomic mass is 9.84. The van der Waals surface area contributed by atoms with E-state index in [0.717, 1.165) is 0 Å². The number of rotatable bonds is 5. The molecule has 0 aliphatic carbocycles. The van der Waals surface area contributed by atoms with Crippen molar-refractivity contribution in [1.82, 2.24) is 5.32 Å². The fourth-order valence-electron chi connectivity index (χ4n) is 2.04. The van der Waals surface area contributed by atoms with Crippen LogP contribution in [-0.4, -0.2) is 23.7 Å². The molecule has 0 heterocycles. The third kappa shape index (κ3) is 4.36. The van der Waals surface area contributed by atoms with E-state index < -0.39 is 5.92 Å². The van der Waals surface area contributed by atoms with Gasteiger partial charge in [0.1, 0.15) is 5.92 Å². The monoisotopic (exact) mass is 274 g/mol. The number of nitrogens with one attached hydrogen (secondary N) is 1. The number of aliphatic hydroxyl groups is 1.